The molecule has 0 saturated carbocycles. The van der Waals surface area contributed by atoms with E-state index in [1.165, 1.54) is 0 Å². The number of nitrogens with one attached hydrogen (secondary N) is 1. The van der Waals surface area contributed by atoms with E-state index in [0.717, 1.165) is 10.2 Å². The molecule has 0 amide bonds. The van der Waals surface area contributed by atoms with Crippen LogP contribution >= 0.6 is 15.9 Å². The predicted molar refractivity (Wildman–Crippen MR) is 79.2 cm³/mol. The molecule has 0 spiro atoms. The summed E-state index contributed by atoms with van der Waals surface area (Å²) in [7, 11) is 0. The number of hydrogen-bond acceptors (Lipinski definition) is 2. The zero-order valence-electron chi connectivity index (χ0n) is 11.7. The van der Waals surface area contributed by atoms with Gasteiger partial charge >= 0.3 is 0 Å². The summed E-state index contributed by atoms with van der Waals surface area (Å²) >= 11 is 3.40. The Morgan fingerprint density at radius 2 is 1.53 bits per heavy atom. The lowest BCUT2D eigenvalue weighted by Crippen LogP contribution is -2.60. The lowest BCUT2D eigenvalue weighted by atomic mass is 9.90. The van der Waals surface area contributed by atoms with Gasteiger partial charge in [-0.15, -0.1) is 0 Å². The molecule has 19 heavy (non-hydrogen) atoms. The lowest BCUT2D eigenvalue weighted by Gasteiger charge is -2.28. The van der Waals surface area contributed by atoms with Gasteiger partial charge in [0, 0.05) is 16.6 Å². The van der Waals surface area contributed by atoms with Gasteiger partial charge in [-0.2, -0.15) is 0 Å². The molecular weight excluding hydrogens is 306 g/mol. The minimum atomic E-state index is -0.329. The highest BCUT2D eigenvalue weighted by molar-refractivity contribution is 9.10. The summed E-state index contributed by atoms with van der Waals surface area (Å²) in [6, 6.07) is 7.95. The quantitative estimate of drug-likeness (QED) is 0.848. The van der Waals surface area contributed by atoms with Crippen molar-refractivity contribution in [2.24, 2.45) is 0 Å². The van der Waals surface area contributed by atoms with Gasteiger partial charge in [-0.1, -0.05) is 15.9 Å². The van der Waals surface area contributed by atoms with Crippen LogP contribution in [0.3, 0.4) is 0 Å². The number of halogens is 1. The normalized spacial score (nSPS) is 20.2. The number of hydrogen-bond donors (Lipinski definition) is 1. The van der Waals surface area contributed by atoms with Gasteiger partial charge in [0.05, 0.1) is 6.08 Å². The van der Waals surface area contributed by atoms with Gasteiger partial charge in [0.1, 0.15) is 11.2 Å². The average Bonchev–Trinajstić information content (AvgIpc) is 2.50. The molecule has 0 aromatic heterocycles. The number of allylic oxidation sites excluding steroid dienone is 1. The molecule has 0 atom stereocenters. The molecule has 0 unspecified atom stereocenters. The van der Waals surface area contributed by atoms with Crippen LogP contribution < -0.4 is 4.99 Å². The van der Waals surface area contributed by atoms with E-state index in [1.807, 2.05) is 58.2 Å². The van der Waals surface area contributed by atoms with E-state index >= 15 is 0 Å². The third-order valence-corrected chi connectivity index (χ3v) is 4.00. The van der Waals surface area contributed by atoms with Crippen LogP contribution in [0.1, 0.15) is 27.7 Å². The van der Waals surface area contributed by atoms with Crippen molar-refractivity contribution < 1.29 is 14.5 Å². The highest BCUT2D eigenvalue weighted by atomic mass is 79.9. The van der Waals surface area contributed by atoms with Gasteiger partial charge in [0.25, 0.3) is 5.95 Å². The Hall–Kier alpha value is -1.29. The lowest BCUT2D eigenvalue weighted by molar-refractivity contribution is -0.346. The molecule has 1 aliphatic rings. The fourth-order valence-corrected chi connectivity index (χ4v) is 1.85. The predicted octanol–water partition coefficient (Wildman–Crippen LogP) is 2.68. The van der Waals surface area contributed by atoms with Crippen molar-refractivity contribution in [3.63, 3.8) is 0 Å². The summed E-state index contributed by atoms with van der Waals surface area (Å²) in [5, 5.41) is 0. The Morgan fingerprint density at radius 3 is 2.05 bits per heavy atom. The Morgan fingerprint density at radius 1 is 1.00 bits per heavy atom. The topological polar surface area (TPSA) is 32.4 Å². The summed E-state index contributed by atoms with van der Waals surface area (Å²) in [6.07, 6.45) is 3.62. The van der Waals surface area contributed by atoms with E-state index in [9.17, 15) is 0 Å². The Bertz CT molecular complexity index is 497. The molecule has 4 heteroatoms. The summed E-state index contributed by atoms with van der Waals surface area (Å²) in [6.45, 7) is 8.10. The molecule has 1 aromatic carbocycles. The van der Waals surface area contributed by atoms with E-state index in [-0.39, 0.29) is 11.2 Å². The monoisotopic (exact) mass is 324 g/mol. The molecular formula is C15H19BrNO2+. The van der Waals surface area contributed by atoms with Crippen molar-refractivity contribution in [2.45, 2.75) is 38.9 Å². The maximum absolute atomic E-state index is 5.78. The van der Waals surface area contributed by atoms with Crippen LogP contribution in [0.15, 0.2) is 40.8 Å². The third-order valence-electron chi connectivity index (χ3n) is 3.48. The van der Waals surface area contributed by atoms with Crippen molar-refractivity contribution in [1.29, 1.82) is 0 Å². The Kier molecular flexibility index (Phi) is 3.72. The maximum atomic E-state index is 5.78. The molecule has 2 rings (SSSR count). The van der Waals surface area contributed by atoms with Gasteiger partial charge in [0.15, 0.2) is 6.21 Å². The molecule has 0 radical (unpaired) electrons. The van der Waals surface area contributed by atoms with Gasteiger partial charge < -0.3 is 9.47 Å². The SMILES string of the molecule is CC1(C)OC(=CC=[NH+]c2ccc(Br)cc2)OC1(C)C. The van der Waals surface area contributed by atoms with Crippen molar-refractivity contribution in [3.8, 4) is 0 Å². The summed E-state index contributed by atoms with van der Waals surface area (Å²) in [5.41, 5.74) is 0.353. The van der Waals surface area contributed by atoms with Crippen LogP contribution in [0.25, 0.3) is 0 Å². The van der Waals surface area contributed by atoms with Crippen molar-refractivity contribution in [3.05, 3.63) is 40.8 Å². The minimum Gasteiger partial charge on any atom is -0.455 e. The Labute approximate surface area is 122 Å². The van der Waals surface area contributed by atoms with E-state index in [1.54, 1.807) is 6.08 Å². The molecule has 1 fully saturated rings. The first-order chi connectivity index (χ1) is 8.80. The zero-order valence-corrected chi connectivity index (χ0v) is 13.2. The van der Waals surface area contributed by atoms with Gasteiger partial charge in [0.2, 0.25) is 5.69 Å². The molecule has 102 valence electrons. The fourth-order valence-electron chi connectivity index (χ4n) is 1.59. The minimum absolute atomic E-state index is 0.329. The van der Waals surface area contributed by atoms with Crippen molar-refractivity contribution >= 4 is 27.8 Å². The van der Waals surface area contributed by atoms with Crippen LogP contribution in [0.4, 0.5) is 5.69 Å². The Balaban J connectivity index is 2.06. The van der Waals surface area contributed by atoms with E-state index in [2.05, 4.69) is 20.9 Å². The first-order valence-corrected chi connectivity index (χ1v) is 7.03. The van der Waals surface area contributed by atoms with Crippen LogP contribution in [0.2, 0.25) is 0 Å². The van der Waals surface area contributed by atoms with Gasteiger partial charge in [-0.3, -0.25) is 0 Å². The molecule has 1 aliphatic heterocycles. The first kappa shape index (κ1) is 14.1. The first-order valence-electron chi connectivity index (χ1n) is 6.24. The van der Waals surface area contributed by atoms with Crippen LogP contribution in [-0.2, 0) is 9.47 Å². The number of benzene rings is 1. The second kappa shape index (κ2) is 5.00. The molecule has 1 N–H and O–H groups in total. The molecule has 0 bridgehead atoms. The molecule has 1 aromatic rings. The van der Waals surface area contributed by atoms with E-state index < -0.39 is 0 Å². The number of rotatable bonds is 2. The highest BCUT2D eigenvalue weighted by Crippen LogP contribution is 2.39. The third kappa shape index (κ3) is 3.18. The van der Waals surface area contributed by atoms with Crippen molar-refractivity contribution in [1.82, 2.24) is 0 Å². The van der Waals surface area contributed by atoms with Crippen LogP contribution in [-0.4, -0.2) is 17.4 Å². The smallest absolute Gasteiger partial charge is 0.286 e. The van der Waals surface area contributed by atoms with Crippen LogP contribution in [0, 0.1) is 0 Å². The zero-order chi connectivity index (χ0) is 14.1. The fraction of sp³-hybridized carbons (Fsp3) is 0.400. The molecule has 3 nitrogen and oxygen atoms in total. The molecule has 1 saturated heterocycles. The van der Waals surface area contributed by atoms with Crippen molar-refractivity contribution in [2.75, 3.05) is 0 Å². The number of ether oxygens (including phenoxy) is 2. The largest absolute Gasteiger partial charge is 0.455 e. The van der Waals surface area contributed by atoms with Crippen LogP contribution in [0.5, 0.6) is 0 Å². The maximum Gasteiger partial charge on any atom is 0.286 e. The average molecular weight is 325 g/mol. The second-order valence-electron chi connectivity index (χ2n) is 5.53. The van der Waals surface area contributed by atoms with E-state index in [0.29, 0.717) is 5.95 Å². The molecule has 1 heterocycles. The second-order valence-corrected chi connectivity index (χ2v) is 6.44. The van der Waals surface area contributed by atoms with Gasteiger partial charge in [-0.05, 0) is 39.8 Å². The standard InChI is InChI=1S/C15H18BrNO2/c1-14(2)15(3,4)19-13(18-14)9-10-17-12-7-5-11(16)6-8-12/h5-10H,1-4H3/p+1. The van der Waals surface area contributed by atoms with Gasteiger partial charge in [-0.25, -0.2) is 4.99 Å². The summed E-state index contributed by atoms with van der Waals surface area (Å²) in [4.78, 5) is 3.17. The van der Waals surface area contributed by atoms with E-state index in [4.69, 9.17) is 9.47 Å². The summed E-state index contributed by atoms with van der Waals surface area (Å²) in [5.74, 6) is 0.541. The summed E-state index contributed by atoms with van der Waals surface area (Å²) < 4.78 is 12.6. The highest BCUT2D eigenvalue weighted by Gasteiger charge is 2.48. The molecule has 0 aliphatic carbocycles.